The van der Waals surface area contributed by atoms with Gasteiger partial charge in [-0.05, 0) is 40.7 Å². The molecule has 114 valence electrons. The van der Waals surface area contributed by atoms with Gasteiger partial charge in [-0.1, -0.05) is 19.3 Å². The van der Waals surface area contributed by atoms with Crippen LogP contribution in [0.5, 0.6) is 0 Å². The lowest BCUT2D eigenvalue weighted by molar-refractivity contribution is -0.107. The second kappa shape index (κ2) is 13.3. The van der Waals surface area contributed by atoms with Crippen molar-refractivity contribution < 1.29 is 14.3 Å². The third kappa shape index (κ3) is 19.4. The van der Waals surface area contributed by atoms with Crippen molar-refractivity contribution in [2.45, 2.75) is 64.9 Å². The quantitative estimate of drug-likeness (QED) is 0.526. The van der Waals surface area contributed by atoms with E-state index in [0.717, 1.165) is 38.4 Å². The lowest BCUT2D eigenvalue weighted by Gasteiger charge is -2.19. The fourth-order valence-electron chi connectivity index (χ4n) is 1.39. The van der Waals surface area contributed by atoms with Crippen molar-refractivity contribution in [3.05, 3.63) is 0 Å². The molecule has 0 saturated heterocycles. The first kappa shape index (κ1) is 20.2. The van der Waals surface area contributed by atoms with Gasteiger partial charge in [0.1, 0.15) is 11.9 Å². The number of nitrogens with one attached hydrogen (secondary N) is 1. The minimum absolute atomic E-state index is 0.349. The largest absolute Gasteiger partial charge is 0.444 e. The van der Waals surface area contributed by atoms with E-state index in [9.17, 15) is 9.59 Å². The van der Waals surface area contributed by atoms with Crippen LogP contribution in [0, 0.1) is 0 Å². The molecule has 0 spiro atoms. The summed E-state index contributed by atoms with van der Waals surface area (Å²) in [6.45, 7) is 6.20. The Morgan fingerprint density at radius 2 is 1.63 bits per heavy atom. The van der Waals surface area contributed by atoms with E-state index in [1.165, 1.54) is 7.05 Å². The second-order valence-corrected chi connectivity index (χ2v) is 5.15. The Balaban J connectivity index is 0. The van der Waals surface area contributed by atoms with E-state index in [4.69, 9.17) is 4.74 Å². The first-order valence-corrected chi connectivity index (χ1v) is 6.94. The van der Waals surface area contributed by atoms with Crippen LogP contribution in [0.25, 0.3) is 0 Å². The fraction of sp³-hybridized carbons (Fsp3) is 0.857. The molecule has 0 atom stereocenters. The first-order chi connectivity index (χ1) is 8.95. The standard InChI is InChI=1S/C13H25NO3.CH5N/c1-13(2,3)17-12(16)14-10-8-6-4-5-7-9-11-15;1-2/h11H,4-10H2,1-3H3,(H,14,16);2H2,1H3. The zero-order valence-corrected chi connectivity index (χ0v) is 12.8. The molecule has 0 aromatic rings. The Labute approximate surface area is 117 Å². The summed E-state index contributed by atoms with van der Waals surface area (Å²) in [5.74, 6) is 0. The van der Waals surface area contributed by atoms with E-state index >= 15 is 0 Å². The molecule has 0 rings (SSSR count). The fourth-order valence-corrected chi connectivity index (χ4v) is 1.39. The number of hydrogen-bond acceptors (Lipinski definition) is 4. The molecular formula is C14H30N2O3. The van der Waals surface area contributed by atoms with Gasteiger partial charge in [-0.3, -0.25) is 0 Å². The van der Waals surface area contributed by atoms with E-state index in [-0.39, 0.29) is 6.09 Å². The Hall–Kier alpha value is -1.10. The number of carbonyl (C=O) groups is 2. The predicted molar refractivity (Wildman–Crippen MR) is 78.1 cm³/mol. The number of unbranched alkanes of at least 4 members (excludes halogenated alkanes) is 5. The molecule has 0 aromatic heterocycles. The van der Waals surface area contributed by atoms with Crippen LogP contribution in [0.3, 0.4) is 0 Å². The van der Waals surface area contributed by atoms with E-state index in [1.54, 1.807) is 0 Å². The van der Waals surface area contributed by atoms with Gasteiger partial charge in [0.2, 0.25) is 0 Å². The van der Waals surface area contributed by atoms with Gasteiger partial charge in [-0.25, -0.2) is 4.79 Å². The summed E-state index contributed by atoms with van der Waals surface area (Å²) < 4.78 is 5.11. The number of hydrogen-bond donors (Lipinski definition) is 2. The SMILES string of the molecule is CC(C)(C)OC(=O)NCCCCCCCC=O.CN. The maximum absolute atomic E-state index is 11.3. The number of carbonyl (C=O) groups excluding carboxylic acids is 2. The Morgan fingerprint density at radius 1 is 1.11 bits per heavy atom. The van der Waals surface area contributed by atoms with Gasteiger partial charge in [0.15, 0.2) is 0 Å². The highest BCUT2D eigenvalue weighted by Crippen LogP contribution is 2.07. The molecular weight excluding hydrogens is 244 g/mol. The molecule has 0 heterocycles. The van der Waals surface area contributed by atoms with Crippen molar-refractivity contribution in [3.8, 4) is 0 Å². The summed E-state index contributed by atoms with van der Waals surface area (Å²) in [5, 5.41) is 2.72. The third-order valence-corrected chi connectivity index (χ3v) is 2.17. The lowest BCUT2D eigenvalue weighted by atomic mass is 10.1. The van der Waals surface area contributed by atoms with Crippen molar-refractivity contribution in [2.24, 2.45) is 5.73 Å². The highest BCUT2D eigenvalue weighted by molar-refractivity contribution is 5.67. The molecule has 1 amide bonds. The second-order valence-electron chi connectivity index (χ2n) is 5.15. The highest BCUT2D eigenvalue weighted by atomic mass is 16.6. The lowest BCUT2D eigenvalue weighted by Crippen LogP contribution is -2.32. The molecule has 0 aromatic carbocycles. The average molecular weight is 274 g/mol. The van der Waals surface area contributed by atoms with Gasteiger partial charge in [0.05, 0.1) is 0 Å². The minimum atomic E-state index is -0.432. The normalized spacial score (nSPS) is 10.2. The summed E-state index contributed by atoms with van der Waals surface area (Å²) in [4.78, 5) is 21.3. The monoisotopic (exact) mass is 274 g/mol. The Morgan fingerprint density at radius 3 is 2.16 bits per heavy atom. The van der Waals surface area contributed by atoms with Crippen LogP contribution in [0.15, 0.2) is 0 Å². The molecule has 5 nitrogen and oxygen atoms in total. The molecule has 3 N–H and O–H groups in total. The molecule has 5 heteroatoms. The van der Waals surface area contributed by atoms with Gasteiger partial charge >= 0.3 is 6.09 Å². The molecule has 0 saturated carbocycles. The van der Waals surface area contributed by atoms with Gasteiger partial charge in [-0.15, -0.1) is 0 Å². The maximum Gasteiger partial charge on any atom is 0.407 e. The third-order valence-electron chi connectivity index (χ3n) is 2.17. The zero-order chi connectivity index (χ0) is 15.1. The summed E-state index contributed by atoms with van der Waals surface area (Å²) in [5.41, 5.74) is 4.07. The number of ether oxygens (including phenoxy) is 1. The average Bonchev–Trinajstić information content (AvgIpc) is 2.33. The number of rotatable bonds is 8. The van der Waals surface area contributed by atoms with Crippen molar-refractivity contribution in [2.75, 3.05) is 13.6 Å². The molecule has 0 radical (unpaired) electrons. The van der Waals surface area contributed by atoms with Gasteiger partial charge in [0, 0.05) is 13.0 Å². The predicted octanol–water partition coefficient (Wildman–Crippen LogP) is 2.63. The Kier molecular flexibility index (Phi) is 14.2. The summed E-state index contributed by atoms with van der Waals surface area (Å²) in [7, 11) is 1.50. The molecule has 0 bridgehead atoms. The van der Waals surface area contributed by atoms with Crippen LogP contribution in [0.4, 0.5) is 4.79 Å². The highest BCUT2D eigenvalue weighted by Gasteiger charge is 2.15. The molecule has 0 aliphatic carbocycles. The smallest absolute Gasteiger partial charge is 0.407 e. The van der Waals surface area contributed by atoms with E-state index < -0.39 is 5.60 Å². The van der Waals surface area contributed by atoms with Crippen LogP contribution in [-0.4, -0.2) is 31.6 Å². The van der Waals surface area contributed by atoms with Crippen LogP contribution in [0.1, 0.15) is 59.3 Å². The van der Waals surface area contributed by atoms with Crippen molar-refractivity contribution in [3.63, 3.8) is 0 Å². The van der Waals surface area contributed by atoms with Crippen LogP contribution in [0.2, 0.25) is 0 Å². The summed E-state index contributed by atoms with van der Waals surface area (Å²) in [6.07, 6.45) is 6.49. The van der Waals surface area contributed by atoms with Crippen molar-refractivity contribution in [1.82, 2.24) is 5.32 Å². The Bertz CT molecular complexity index is 225. The number of alkyl carbamates (subject to hydrolysis) is 1. The van der Waals surface area contributed by atoms with Crippen molar-refractivity contribution >= 4 is 12.4 Å². The first-order valence-electron chi connectivity index (χ1n) is 6.94. The molecule has 0 fully saturated rings. The number of nitrogens with two attached hydrogens (primary N) is 1. The van der Waals surface area contributed by atoms with Crippen LogP contribution < -0.4 is 11.1 Å². The van der Waals surface area contributed by atoms with Crippen LogP contribution in [-0.2, 0) is 9.53 Å². The van der Waals surface area contributed by atoms with Gasteiger partial charge < -0.3 is 20.6 Å². The molecule has 0 aliphatic rings. The van der Waals surface area contributed by atoms with E-state index in [0.29, 0.717) is 13.0 Å². The molecule has 0 aliphatic heterocycles. The topological polar surface area (TPSA) is 81.4 Å². The number of amides is 1. The molecule has 19 heavy (non-hydrogen) atoms. The summed E-state index contributed by atoms with van der Waals surface area (Å²) in [6, 6.07) is 0. The minimum Gasteiger partial charge on any atom is -0.444 e. The summed E-state index contributed by atoms with van der Waals surface area (Å²) >= 11 is 0. The van der Waals surface area contributed by atoms with E-state index in [2.05, 4.69) is 11.1 Å². The zero-order valence-electron chi connectivity index (χ0n) is 12.8. The van der Waals surface area contributed by atoms with Crippen LogP contribution >= 0.6 is 0 Å². The van der Waals surface area contributed by atoms with E-state index in [1.807, 2.05) is 20.8 Å². The van der Waals surface area contributed by atoms with Gasteiger partial charge in [0.25, 0.3) is 0 Å². The van der Waals surface area contributed by atoms with Gasteiger partial charge in [-0.2, -0.15) is 0 Å². The molecule has 0 unspecified atom stereocenters. The van der Waals surface area contributed by atoms with Crippen molar-refractivity contribution in [1.29, 1.82) is 0 Å². The number of aldehydes is 1. The maximum atomic E-state index is 11.3.